The first-order valence-corrected chi connectivity index (χ1v) is 6.40. The molecule has 2 aromatic heterocycles. The summed E-state index contributed by atoms with van der Waals surface area (Å²) in [6.45, 7) is -0.0575. The number of nitrogens with one attached hydrogen (secondary N) is 1. The average molecular weight is 280 g/mol. The molecule has 0 spiro atoms. The van der Waals surface area contributed by atoms with E-state index >= 15 is 0 Å². The summed E-state index contributed by atoms with van der Waals surface area (Å²) in [5, 5.41) is 6.57. The quantitative estimate of drug-likeness (QED) is 0.732. The van der Waals surface area contributed by atoms with Crippen molar-refractivity contribution in [3.8, 4) is 0 Å². The summed E-state index contributed by atoms with van der Waals surface area (Å²) in [6.07, 6.45) is 3.08. The van der Waals surface area contributed by atoms with Crippen LogP contribution in [-0.2, 0) is 0 Å². The Kier molecular flexibility index (Phi) is 3.42. The summed E-state index contributed by atoms with van der Waals surface area (Å²) in [5.41, 5.74) is 1.41. The lowest BCUT2D eigenvalue weighted by molar-refractivity contribution is 0.0904. The van der Waals surface area contributed by atoms with E-state index in [0.29, 0.717) is 16.8 Å². The molecule has 0 bridgehead atoms. The van der Waals surface area contributed by atoms with Crippen molar-refractivity contribution in [3.05, 3.63) is 66.1 Å². The summed E-state index contributed by atoms with van der Waals surface area (Å²) in [4.78, 5) is 28.1. The first-order chi connectivity index (χ1) is 10.3. The van der Waals surface area contributed by atoms with Crippen LogP contribution in [0.2, 0.25) is 0 Å². The number of amides is 1. The Balaban J connectivity index is 1.72. The van der Waals surface area contributed by atoms with Gasteiger partial charge in [-0.3, -0.25) is 9.59 Å². The fourth-order valence-electron chi connectivity index (χ4n) is 2.01. The van der Waals surface area contributed by atoms with Crippen molar-refractivity contribution in [2.75, 3.05) is 6.54 Å². The number of ketones is 1. The van der Waals surface area contributed by atoms with Crippen molar-refractivity contribution in [3.63, 3.8) is 0 Å². The molecule has 21 heavy (non-hydrogen) atoms. The Hall–Kier alpha value is -3.02. The van der Waals surface area contributed by atoms with Gasteiger partial charge in [-0.2, -0.15) is 5.10 Å². The topological polar surface area (TPSA) is 76.4 Å². The number of fused-ring (bicyclic) bond motifs is 1. The third-order valence-corrected chi connectivity index (χ3v) is 3.05. The van der Waals surface area contributed by atoms with E-state index in [0.717, 1.165) is 0 Å². The summed E-state index contributed by atoms with van der Waals surface area (Å²) in [7, 11) is 0. The van der Waals surface area contributed by atoms with E-state index in [1.807, 2.05) is 6.07 Å². The Morgan fingerprint density at radius 3 is 2.71 bits per heavy atom. The van der Waals surface area contributed by atoms with Crippen molar-refractivity contribution in [1.29, 1.82) is 0 Å². The summed E-state index contributed by atoms with van der Waals surface area (Å²) in [6, 6.07) is 12.2. The van der Waals surface area contributed by atoms with Gasteiger partial charge in [-0.15, -0.1) is 0 Å². The van der Waals surface area contributed by atoms with Gasteiger partial charge < -0.3 is 5.32 Å². The molecule has 6 nitrogen and oxygen atoms in total. The number of nitrogens with zero attached hydrogens (tertiary/aromatic N) is 3. The highest BCUT2D eigenvalue weighted by atomic mass is 16.2. The highest BCUT2D eigenvalue weighted by Crippen LogP contribution is 2.07. The van der Waals surface area contributed by atoms with Crippen LogP contribution in [-0.4, -0.2) is 32.8 Å². The molecule has 0 aliphatic rings. The largest absolute Gasteiger partial charge is 0.344 e. The molecule has 0 saturated heterocycles. The number of hydrogen-bond acceptors (Lipinski definition) is 4. The van der Waals surface area contributed by atoms with Crippen LogP contribution in [0.25, 0.3) is 5.65 Å². The van der Waals surface area contributed by atoms with Crippen LogP contribution in [0.15, 0.2) is 55.0 Å². The number of pyridine rings is 1. The molecule has 0 aliphatic carbocycles. The number of rotatable bonds is 4. The second-order valence-corrected chi connectivity index (χ2v) is 4.42. The molecule has 6 heteroatoms. The minimum Gasteiger partial charge on any atom is -0.344 e. The van der Waals surface area contributed by atoms with Crippen LogP contribution in [0.1, 0.15) is 20.7 Å². The number of hydrogen-bond donors (Lipinski definition) is 1. The molecule has 0 radical (unpaired) electrons. The number of Topliss-reactive ketones (excluding diaryl/α,β-unsaturated/α-hetero) is 1. The minimum atomic E-state index is -0.349. The lowest BCUT2D eigenvalue weighted by Crippen LogP contribution is -2.30. The van der Waals surface area contributed by atoms with E-state index < -0.39 is 0 Å². The smallest absolute Gasteiger partial charge is 0.255 e. The predicted octanol–water partition coefficient (Wildman–Crippen LogP) is 1.34. The average Bonchev–Trinajstić information content (AvgIpc) is 3.01. The molecular weight excluding hydrogens is 268 g/mol. The van der Waals surface area contributed by atoms with Crippen LogP contribution in [0.5, 0.6) is 0 Å². The lowest BCUT2D eigenvalue weighted by Gasteiger charge is -2.05. The van der Waals surface area contributed by atoms with Gasteiger partial charge in [0.25, 0.3) is 5.91 Å². The van der Waals surface area contributed by atoms with Crippen LogP contribution in [0.3, 0.4) is 0 Å². The second kappa shape index (κ2) is 5.54. The molecule has 0 fully saturated rings. The maximum atomic E-state index is 12.1. The zero-order valence-electron chi connectivity index (χ0n) is 11.1. The van der Waals surface area contributed by atoms with Gasteiger partial charge in [0.15, 0.2) is 11.4 Å². The van der Waals surface area contributed by atoms with Crippen molar-refractivity contribution < 1.29 is 9.59 Å². The third-order valence-electron chi connectivity index (χ3n) is 3.05. The molecule has 1 aromatic carbocycles. The molecule has 1 N–H and O–H groups in total. The van der Waals surface area contributed by atoms with Gasteiger partial charge >= 0.3 is 0 Å². The Morgan fingerprint density at radius 2 is 1.90 bits per heavy atom. The van der Waals surface area contributed by atoms with Gasteiger partial charge in [-0.1, -0.05) is 30.3 Å². The van der Waals surface area contributed by atoms with Crippen LogP contribution in [0.4, 0.5) is 0 Å². The van der Waals surface area contributed by atoms with Crippen LogP contribution < -0.4 is 5.32 Å². The van der Waals surface area contributed by atoms with Gasteiger partial charge in [0.05, 0.1) is 12.1 Å². The van der Waals surface area contributed by atoms with Gasteiger partial charge in [0.2, 0.25) is 0 Å². The Morgan fingerprint density at radius 1 is 1.10 bits per heavy atom. The molecular formula is C15H12N4O2. The molecule has 0 aliphatic heterocycles. The normalized spacial score (nSPS) is 10.5. The van der Waals surface area contributed by atoms with Crippen molar-refractivity contribution in [2.45, 2.75) is 0 Å². The highest BCUT2D eigenvalue weighted by molar-refractivity contribution is 6.04. The predicted molar refractivity (Wildman–Crippen MR) is 76.1 cm³/mol. The summed E-state index contributed by atoms with van der Waals surface area (Å²) < 4.78 is 1.51. The highest BCUT2D eigenvalue weighted by Gasteiger charge is 2.13. The fraction of sp³-hybridized carbons (Fsp3) is 0.0667. The summed E-state index contributed by atoms with van der Waals surface area (Å²) in [5.74, 6) is -0.491. The number of benzene rings is 1. The lowest BCUT2D eigenvalue weighted by atomic mass is 10.1. The molecule has 2 heterocycles. The van der Waals surface area contributed by atoms with Crippen molar-refractivity contribution in [1.82, 2.24) is 19.9 Å². The van der Waals surface area contributed by atoms with Crippen molar-refractivity contribution >= 4 is 17.3 Å². The number of carbonyl (C=O) groups is 2. The molecule has 104 valence electrons. The summed E-state index contributed by atoms with van der Waals surface area (Å²) >= 11 is 0. The Labute approximate surface area is 120 Å². The zero-order valence-corrected chi connectivity index (χ0v) is 11.1. The van der Waals surface area contributed by atoms with E-state index in [9.17, 15) is 9.59 Å². The molecule has 0 saturated carbocycles. The van der Waals surface area contributed by atoms with Crippen LogP contribution >= 0.6 is 0 Å². The molecule has 1 amide bonds. The van der Waals surface area contributed by atoms with Crippen LogP contribution in [0, 0.1) is 0 Å². The fourth-order valence-corrected chi connectivity index (χ4v) is 2.01. The number of carbonyl (C=O) groups excluding carboxylic acids is 2. The van der Waals surface area contributed by atoms with Gasteiger partial charge in [-0.25, -0.2) is 9.50 Å². The second-order valence-electron chi connectivity index (χ2n) is 4.42. The van der Waals surface area contributed by atoms with E-state index in [2.05, 4.69) is 15.4 Å². The van der Waals surface area contributed by atoms with E-state index in [4.69, 9.17) is 0 Å². The van der Waals surface area contributed by atoms with Gasteiger partial charge in [-0.05, 0) is 12.1 Å². The van der Waals surface area contributed by atoms with Crippen molar-refractivity contribution in [2.24, 2.45) is 0 Å². The first-order valence-electron chi connectivity index (χ1n) is 6.40. The maximum absolute atomic E-state index is 12.1. The minimum absolute atomic E-state index is 0.0575. The third kappa shape index (κ3) is 2.64. The SMILES string of the molecule is O=C(CNC(=O)c1cccn2ncnc12)c1ccccc1. The molecule has 3 aromatic rings. The zero-order chi connectivity index (χ0) is 14.7. The molecule has 0 atom stereocenters. The number of aromatic nitrogens is 3. The first kappa shape index (κ1) is 13.0. The maximum Gasteiger partial charge on any atom is 0.255 e. The van der Waals surface area contributed by atoms with E-state index in [-0.39, 0.29) is 18.2 Å². The molecule has 3 rings (SSSR count). The van der Waals surface area contributed by atoms with Gasteiger partial charge in [0, 0.05) is 11.8 Å². The van der Waals surface area contributed by atoms with E-state index in [1.165, 1.54) is 10.8 Å². The van der Waals surface area contributed by atoms with Gasteiger partial charge in [0.1, 0.15) is 6.33 Å². The van der Waals surface area contributed by atoms with E-state index in [1.54, 1.807) is 42.6 Å². The Bertz CT molecular complexity index is 796. The monoisotopic (exact) mass is 280 g/mol. The molecule has 0 unspecified atom stereocenters. The standard InChI is InChI=1S/C15H12N4O2/c20-13(11-5-2-1-3-6-11)9-16-15(21)12-7-4-8-19-14(12)17-10-18-19/h1-8,10H,9H2,(H,16,21).